The van der Waals surface area contributed by atoms with Crippen LogP contribution in [0.1, 0.15) is 31.5 Å². The molecule has 0 aliphatic carbocycles. The van der Waals surface area contributed by atoms with Crippen molar-refractivity contribution < 1.29 is 53.8 Å². The molecule has 0 aromatic carbocycles. The van der Waals surface area contributed by atoms with E-state index in [1.807, 2.05) is 0 Å². The zero-order chi connectivity index (χ0) is 30.8. The number of aromatic nitrogens is 3. The Kier molecular flexibility index (Phi) is 9.44. The molecular formula is C23H22F9N5O3S. The number of fused-ring (bicyclic) bond motifs is 1. The van der Waals surface area contributed by atoms with Gasteiger partial charge in [0.25, 0.3) is 0 Å². The first kappa shape index (κ1) is 32.0. The number of carbonyl (C=O) groups excluding carboxylic acids is 1. The Bertz CT molecular complexity index is 1360. The summed E-state index contributed by atoms with van der Waals surface area (Å²) in [6.07, 6.45) is -18.2. The van der Waals surface area contributed by atoms with Crippen LogP contribution in [0.5, 0.6) is 11.6 Å². The van der Waals surface area contributed by atoms with Crippen molar-refractivity contribution in [1.29, 1.82) is 0 Å². The van der Waals surface area contributed by atoms with E-state index in [0.29, 0.717) is 10.2 Å². The molecule has 3 aromatic rings. The number of halogens is 9. The topological polar surface area (TPSA) is 89.5 Å². The molecule has 0 radical (unpaired) electrons. The van der Waals surface area contributed by atoms with E-state index < -0.39 is 61.7 Å². The van der Waals surface area contributed by atoms with Gasteiger partial charge in [0.15, 0.2) is 6.04 Å². The van der Waals surface area contributed by atoms with E-state index in [4.69, 9.17) is 9.47 Å². The highest BCUT2D eigenvalue weighted by Gasteiger charge is 2.49. The molecule has 0 saturated carbocycles. The molecule has 1 N–H and O–H groups in total. The number of hydrogen-bond donors (Lipinski definition) is 1. The van der Waals surface area contributed by atoms with Crippen LogP contribution in [0.4, 0.5) is 44.3 Å². The smallest absolute Gasteiger partial charge is 0.414 e. The summed E-state index contributed by atoms with van der Waals surface area (Å²) in [5.74, 6) is 0.0306. The predicted octanol–water partition coefficient (Wildman–Crippen LogP) is 6.68. The Morgan fingerprint density at radius 2 is 1.71 bits per heavy atom. The number of rotatable bonds is 9. The lowest BCUT2D eigenvalue weighted by Crippen LogP contribution is -2.53. The van der Waals surface area contributed by atoms with E-state index in [2.05, 4.69) is 15.0 Å². The van der Waals surface area contributed by atoms with Gasteiger partial charge in [0, 0.05) is 18.5 Å². The van der Waals surface area contributed by atoms with Gasteiger partial charge in [0.05, 0.1) is 42.0 Å². The first-order valence-electron chi connectivity index (χ1n) is 11.6. The number of urea groups is 1. The maximum atomic E-state index is 14.4. The number of hydrogen-bond acceptors (Lipinski definition) is 7. The molecule has 3 heterocycles. The number of alkyl halides is 9. The first-order chi connectivity index (χ1) is 19.0. The molecule has 0 spiro atoms. The molecule has 3 aromatic heterocycles. The van der Waals surface area contributed by atoms with E-state index in [-0.39, 0.29) is 27.8 Å². The molecule has 41 heavy (non-hydrogen) atoms. The van der Waals surface area contributed by atoms with Crippen molar-refractivity contribution in [1.82, 2.24) is 25.2 Å². The highest BCUT2D eigenvalue weighted by Crippen LogP contribution is 2.41. The number of ether oxygens (including phenoxy) is 2. The molecule has 2 amide bonds. The van der Waals surface area contributed by atoms with Crippen LogP contribution in [-0.2, 0) is 0 Å². The minimum atomic E-state index is -5.36. The third-order valence-electron chi connectivity index (χ3n) is 5.78. The third-order valence-corrected chi connectivity index (χ3v) is 6.55. The predicted molar refractivity (Wildman–Crippen MR) is 129 cm³/mol. The fourth-order valence-corrected chi connectivity index (χ4v) is 4.60. The van der Waals surface area contributed by atoms with Crippen molar-refractivity contribution in [2.24, 2.45) is 0 Å². The Morgan fingerprint density at radius 3 is 2.24 bits per heavy atom. The second-order valence-corrected chi connectivity index (χ2v) is 9.34. The molecule has 226 valence electrons. The van der Waals surface area contributed by atoms with Gasteiger partial charge in [-0.15, -0.1) is 11.3 Å². The second kappa shape index (κ2) is 12.1. The van der Waals surface area contributed by atoms with Crippen LogP contribution in [-0.4, -0.2) is 71.2 Å². The molecule has 0 bridgehead atoms. The number of carbonyl (C=O) groups is 1. The summed E-state index contributed by atoms with van der Waals surface area (Å²) in [4.78, 5) is 24.9. The fraction of sp³-hybridized carbons (Fsp3) is 0.478. The monoisotopic (exact) mass is 619 g/mol. The summed E-state index contributed by atoms with van der Waals surface area (Å²) in [7, 11) is 2.52. The Balaban J connectivity index is 2.06. The van der Waals surface area contributed by atoms with Crippen molar-refractivity contribution in [3.8, 4) is 22.9 Å². The van der Waals surface area contributed by atoms with Crippen molar-refractivity contribution in [2.45, 2.75) is 50.4 Å². The van der Waals surface area contributed by atoms with E-state index in [9.17, 15) is 44.3 Å². The lowest BCUT2D eigenvalue weighted by atomic mass is 10.0. The molecule has 18 heteroatoms. The number of nitrogens with zero attached hydrogens (tertiary/aromatic N) is 4. The van der Waals surface area contributed by atoms with E-state index in [1.54, 1.807) is 0 Å². The standard InChI is InChI=1S/C23H22F9N5O3S/c1-4-37(20(38)36-16(22(27,28)29)5-6-21(24,25)26)18(23(30,31)32)13-7-11(14(39-2)9-33-13)12-8-15-17(34-10-41-15)19(35-12)40-3/h7-10,16,18H,4-6H2,1-3H3,(H,36,38)/t16-,18-/m0/s1. The fourth-order valence-electron chi connectivity index (χ4n) is 3.89. The molecule has 2 atom stereocenters. The average Bonchev–Trinajstić information content (AvgIpc) is 3.35. The summed E-state index contributed by atoms with van der Waals surface area (Å²) < 4.78 is 132. The van der Waals surface area contributed by atoms with Gasteiger partial charge in [0.2, 0.25) is 5.88 Å². The highest BCUT2D eigenvalue weighted by atomic mass is 32.1. The van der Waals surface area contributed by atoms with Gasteiger partial charge in [0.1, 0.15) is 17.3 Å². The van der Waals surface area contributed by atoms with Gasteiger partial charge in [-0.25, -0.2) is 14.8 Å². The first-order valence-corrected chi connectivity index (χ1v) is 12.5. The van der Waals surface area contributed by atoms with Gasteiger partial charge >= 0.3 is 24.6 Å². The molecule has 3 rings (SSSR count). The summed E-state index contributed by atoms with van der Waals surface area (Å²) in [5, 5.41) is 1.28. The summed E-state index contributed by atoms with van der Waals surface area (Å²) in [5.41, 5.74) is 1.14. The van der Waals surface area contributed by atoms with Gasteiger partial charge in [-0.3, -0.25) is 4.98 Å². The van der Waals surface area contributed by atoms with Crippen molar-refractivity contribution in [2.75, 3.05) is 20.8 Å². The van der Waals surface area contributed by atoms with Crippen molar-refractivity contribution >= 4 is 27.6 Å². The van der Waals surface area contributed by atoms with Crippen molar-refractivity contribution in [3.63, 3.8) is 0 Å². The number of amides is 2. The SMILES string of the molecule is CCN(C(=O)N[C@@H](CCC(F)(F)F)C(F)(F)F)[C@@H](c1cc(-c2cc3scnc3c(OC)n2)c(OC)cn1)C(F)(F)F. The third kappa shape index (κ3) is 7.59. The number of nitrogens with one attached hydrogen (secondary N) is 1. The van der Waals surface area contributed by atoms with Crippen molar-refractivity contribution in [3.05, 3.63) is 29.5 Å². The lowest BCUT2D eigenvalue weighted by molar-refractivity contribution is -0.182. The lowest BCUT2D eigenvalue weighted by Gasteiger charge is -2.34. The minimum Gasteiger partial charge on any atom is -0.494 e. The molecular weight excluding hydrogens is 597 g/mol. The molecule has 0 aliphatic heterocycles. The second-order valence-electron chi connectivity index (χ2n) is 8.45. The van der Waals surface area contributed by atoms with E-state index >= 15 is 0 Å². The maximum Gasteiger partial charge on any atom is 0.414 e. The molecule has 0 fully saturated rings. The molecule has 0 unspecified atom stereocenters. The van der Waals surface area contributed by atoms with E-state index in [0.717, 1.165) is 19.2 Å². The molecule has 0 aliphatic rings. The Hall–Kier alpha value is -3.57. The van der Waals surface area contributed by atoms with Gasteiger partial charge in [-0.2, -0.15) is 39.5 Å². The van der Waals surface area contributed by atoms with Gasteiger partial charge < -0.3 is 19.7 Å². The van der Waals surface area contributed by atoms with E-state index in [1.165, 1.54) is 42.5 Å². The Morgan fingerprint density at radius 1 is 1.02 bits per heavy atom. The summed E-state index contributed by atoms with van der Waals surface area (Å²) >= 11 is 1.19. The van der Waals surface area contributed by atoms with Crippen LogP contribution in [0.2, 0.25) is 0 Å². The number of pyridine rings is 2. The van der Waals surface area contributed by atoms with Crippen LogP contribution in [0.3, 0.4) is 0 Å². The van der Waals surface area contributed by atoms with Crippen LogP contribution in [0, 0.1) is 0 Å². The maximum absolute atomic E-state index is 14.4. The summed E-state index contributed by atoms with van der Waals surface area (Å²) in [6.45, 7) is 0.285. The highest BCUT2D eigenvalue weighted by molar-refractivity contribution is 7.16. The number of thiazole rings is 1. The zero-order valence-corrected chi connectivity index (χ0v) is 22.2. The largest absolute Gasteiger partial charge is 0.494 e. The zero-order valence-electron chi connectivity index (χ0n) is 21.4. The van der Waals surface area contributed by atoms with Crippen LogP contribution < -0.4 is 14.8 Å². The van der Waals surface area contributed by atoms with Gasteiger partial charge in [-0.05, 0) is 25.5 Å². The molecule has 8 nitrogen and oxygen atoms in total. The van der Waals surface area contributed by atoms with Gasteiger partial charge in [-0.1, -0.05) is 0 Å². The van der Waals surface area contributed by atoms with Crippen LogP contribution in [0.25, 0.3) is 21.5 Å². The average molecular weight is 620 g/mol. The minimum absolute atomic E-state index is 0.00527. The normalized spacial score (nSPS) is 14.0. The van der Waals surface area contributed by atoms with Crippen LogP contribution in [0.15, 0.2) is 23.8 Å². The number of methoxy groups -OCH3 is 2. The van der Waals surface area contributed by atoms with Crippen LogP contribution >= 0.6 is 11.3 Å². The molecule has 0 saturated heterocycles. The quantitative estimate of drug-likeness (QED) is 0.269. The Labute approximate surface area is 230 Å². The summed E-state index contributed by atoms with van der Waals surface area (Å²) in [6, 6.07) is -5.42.